The van der Waals surface area contributed by atoms with E-state index in [0.29, 0.717) is 0 Å². The highest BCUT2D eigenvalue weighted by Crippen LogP contribution is 2.23. The second-order valence-electron chi connectivity index (χ2n) is 3.78. The molecule has 2 aromatic rings. The summed E-state index contributed by atoms with van der Waals surface area (Å²) in [4.78, 5) is 4.29. The zero-order valence-corrected chi connectivity index (χ0v) is 11.2. The average Bonchev–Trinajstić information content (AvgIpc) is 2.71. The van der Waals surface area contributed by atoms with E-state index in [0.717, 1.165) is 22.7 Å². The third-order valence-electron chi connectivity index (χ3n) is 2.48. The highest BCUT2D eigenvalue weighted by molar-refractivity contribution is 9.10. The summed E-state index contributed by atoms with van der Waals surface area (Å²) in [6.07, 6.45) is 5.56. The third-order valence-corrected chi connectivity index (χ3v) is 2.97. The Morgan fingerprint density at radius 2 is 2.35 bits per heavy atom. The minimum absolute atomic E-state index is 0.748. The number of allylic oxidation sites excluding steroid dienone is 1. The van der Waals surface area contributed by atoms with Crippen LogP contribution < -0.4 is 5.32 Å². The molecule has 1 aromatic carbocycles. The van der Waals surface area contributed by atoms with Crippen LogP contribution in [-0.2, 0) is 6.54 Å². The van der Waals surface area contributed by atoms with Crippen LogP contribution in [0.3, 0.4) is 0 Å². The summed E-state index contributed by atoms with van der Waals surface area (Å²) < 4.78 is 3.09. The minimum atomic E-state index is 0.748. The maximum absolute atomic E-state index is 4.29. The molecule has 0 bridgehead atoms. The van der Waals surface area contributed by atoms with E-state index < -0.39 is 0 Å². The first-order valence-electron chi connectivity index (χ1n) is 5.36. The molecule has 88 valence electrons. The predicted octanol–water partition coefficient (Wildman–Crippen LogP) is 3.88. The molecule has 1 N–H and O–H groups in total. The lowest BCUT2D eigenvalue weighted by molar-refractivity contribution is 0.833. The molecular formula is C13H14BrN3. The van der Waals surface area contributed by atoms with Crippen LogP contribution in [0.15, 0.2) is 47.7 Å². The van der Waals surface area contributed by atoms with Gasteiger partial charge in [-0.1, -0.05) is 22.0 Å². The molecule has 1 heterocycles. The molecule has 0 aliphatic carbocycles. The van der Waals surface area contributed by atoms with Gasteiger partial charge < -0.3 is 9.88 Å². The molecule has 0 saturated heterocycles. The van der Waals surface area contributed by atoms with Gasteiger partial charge >= 0.3 is 0 Å². The van der Waals surface area contributed by atoms with Crippen molar-refractivity contribution in [2.45, 2.75) is 13.5 Å². The highest BCUT2D eigenvalue weighted by Gasteiger charge is 2.04. The summed E-state index contributed by atoms with van der Waals surface area (Å²) in [6, 6.07) is 6.12. The monoisotopic (exact) mass is 291 g/mol. The summed E-state index contributed by atoms with van der Waals surface area (Å²) in [7, 11) is 0. The maximum atomic E-state index is 4.29. The van der Waals surface area contributed by atoms with E-state index in [1.165, 1.54) is 5.56 Å². The van der Waals surface area contributed by atoms with Crippen LogP contribution in [-0.4, -0.2) is 9.55 Å². The van der Waals surface area contributed by atoms with Gasteiger partial charge in [0, 0.05) is 29.1 Å². The standard InChI is InChI=1S/C13H14BrN3/c1-3-7-17-8-6-15-13(17)16-12-5-4-11(14)9-10(12)2/h3-6,8-9H,1,7H2,2H3,(H,15,16). The molecule has 0 fully saturated rings. The van der Waals surface area contributed by atoms with Crippen molar-refractivity contribution in [1.29, 1.82) is 0 Å². The van der Waals surface area contributed by atoms with Gasteiger partial charge in [0.1, 0.15) is 0 Å². The summed E-state index contributed by atoms with van der Waals surface area (Å²) in [5.41, 5.74) is 2.23. The van der Waals surface area contributed by atoms with Gasteiger partial charge in [0.05, 0.1) is 0 Å². The number of halogens is 1. The van der Waals surface area contributed by atoms with Gasteiger partial charge in [0.25, 0.3) is 0 Å². The van der Waals surface area contributed by atoms with Crippen molar-refractivity contribution in [3.63, 3.8) is 0 Å². The van der Waals surface area contributed by atoms with Gasteiger partial charge in [-0.15, -0.1) is 6.58 Å². The number of imidazole rings is 1. The van der Waals surface area contributed by atoms with E-state index in [1.54, 1.807) is 6.20 Å². The zero-order valence-electron chi connectivity index (χ0n) is 9.65. The number of aromatic nitrogens is 2. The Morgan fingerprint density at radius 3 is 3.06 bits per heavy atom. The number of aryl methyl sites for hydroxylation is 1. The average molecular weight is 292 g/mol. The maximum Gasteiger partial charge on any atom is 0.207 e. The molecule has 17 heavy (non-hydrogen) atoms. The van der Waals surface area contributed by atoms with Crippen molar-refractivity contribution in [3.8, 4) is 0 Å². The summed E-state index contributed by atoms with van der Waals surface area (Å²) in [5, 5.41) is 3.32. The van der Waals surface area contributed by atoms with E-state index in [9.17, 15) is 0 Å². The Labute approximate surface area is 109 Å². The predicted molar refractivity (Wildman–Crippen MR) is 74.6 cm³/mol. The van der Waals surface area contributed by atoms with E-state index >= 15 is 0 Å². The van der Waals surface area contributed by atoms with E-state index in [4.69, 9.17) is 0 Å². The second-order valence-corrected chi connectivity index (χ2v) is 4.69. The van der Waals surface area contributed by atoms with Crippen LogP contribution in [0, 0.1) is 6.92 Å². The molecule has 1 aromatic heterocycles. The molecule has 0 amide bonds. The number of nitrogens with zero attached hydrogens (tertiary/aromatic N) is 2. The third kappa shape index (κ3) is 2.77. The number of benzene rings is 1. The fourth-order valence-electron chi connectivity index (χ4n) is 1.61. The SMILES string of the molecule is C=CCn1ccnc1Nc1ccc(Br)cc1C. The molecule has 0 aliphatic heterocycles. The largest absolute Gasteiger partial charge is 0.325 e. The Hall–Kier alpha value is -1.55. The Bertz CT molecular complexity index is 531. The lowest BCUT2D eigenvalue weighted by Crippen LogP contribution is -2.02. The van der Waals surface area contributed by atoms with E-state index in [1.807, 2.05) is 29.0 Å². The van der Waals surface area contributed by atoms with Gasteiger partial charge in [-0.25, -0.2) is 4.98 Å². The molecule has 0 unspecified atom stereocenters. The molecule has 3 nitrogen and oxygen atoms in total. The first-order valence-corrected chi connectivity index (χ1v) is 6.15. The quantitative estimate of drug-likeness (QED) is 0.867. The van der Waals surface area contributed by atoms with Gasteiger partial charge in [-0.3, -0.25) is 0 Å². The Balaban J connectivity index is 2.25. The van der Waals surface area contributed by atoms with E-state index in [-0.39, 0.29) is 0 Å². The summed E-state index contributed by atoms with van der Waals surface area (Å²) in [6.45, 7) is 6.54. The Morgan fingerprint density at radius 1 is 1.53 bits per heavy atom. The van der Waals surface area contributed by atoms with Crippen LogP contribution >= 0.6 is 15.9 Å². The van der Waals surface area contributed by atoms with Crippen LogP contribution in [0.1, 0.15) is 5.56 Å². The molecule has 0 aliphatic rings. The molecular weight excluding hydrogens is 278 g/mol. The molecule has 0 atom stereocenters. The first-order chi connectivity index (χ1) is 8.20. The van der Waals surface area contributed by atoms with Gasteiger partial charge in [0.2, 0.25) is 5.95 Å². The lowest BCUT2D eigenvalue weighted by atomic mass is 10.2. The fourth-order valence-corrected chi connectivity index (χ4v) is 2.08. The zero-order chi connectivity index (χ0) is 12.3. The second kappa shape index (κ2) is 5.19. The fraction of sp³-hybridized carbons (Fsp3) is 0.154. The van der Waals surface area contributed by atoms with Crippen LogP contribution in [0.4, 0.5) is 11.6 Å². The van der Waals surface area contributed by atoms with Crippen molar-refractivity contribution in [2.24, 2.45) is 0 Å². The lowest BCUT2D eigenvalue weighted by Gasteiger charge is -2.10. The topological polar surface area (TPSA) is 29.9 Å². The molecule has 0 saturated carbocycles. The minimum Gasteiger partial charge on any atom is -0.325 e. The van der Waals surface area contributed by atoms with Crippen LogP contribution in [0.2, 0.25) is 0 Å². The molecule has 0 spiro atoms. The summed E-state index contributed by atoms with van der Waals surface area (Å²) >= 11 is 3.45. The molecule has 2 rings (SSSR count). The summed E-state index contributed by atoms with van der Waals surface area (Å²) in [5.74, 6) is 0.829. The number of hydrogen-bond donors (Lipinski definition) is 1. The van der Waals surface area contributed by atoms with Crippen molar-refractivity contribution in [2.75, 3.05) is 5.32 Å². The van der Waals surface area contributed by atoms with E-state index in [2.05, 4.69) is 45.8 Å². The Kier molecular flexibility index (Phi) is 3.64. The van der Waals surface area contributed by atoms with Crippen molar-refractivity contribution >= 4 is 27.6 Å². The smallest absolute Gasteiger partial charge is 0.207 e. The molecule has 4 heteroatoms. The number of hydrogen-bond acceptors (Lipinski definition) is 2. The number of rotatable bonds is 4. The van der Waals surface area contributed by atoms with Crippen molar-refractivity contribution in [3.05, 3.63) is 53.3 Å². The van der Waals surface area contributed by atoms with Gasteiger partial charge in [-0.2, -0.15) is 0 Å². The first kappa shape index (κ1) is 11.9. The van der Waals surface area contributed by atoms with Crippen molar-refractivity contribution in [1.82, 2.24) is 9.55 Å². The normalized spacial score (nSPS) is 10.2. The van der Waals surface area contributed by atoms with Crippen molar-refractivity contribution < 1.29 is 0 Å². The highest BCUT2D eigenvalue weighted by atomic mass is 79.9. The molecule has 0 radical (unpaired) electrons. The van der Waals surface area contributed by atoms with Gasteiger partial charge in [-0.05, 0) is 30.7 Å². The number of anilines is 2. The van der Waals surface area contributed by atoms with Crippen LogP contribution in [0.25, 0.3) is 0 Å². The number of nitrogens with one attached hydrogen (secondary N) is 1. The van der Waals surface area contributed by atoms with Gasteiger partial charge in [0.15, 0.2) is 0 Å². The van der Waals surface area contributed by atoms with Crippen LogP contribution in [0.5, 0.6) is 0 Å².